The van der Waals surface area contributed by atoms with Crippen molar-refractivity contribution in [2.75, 3.05) is 19.7 Å². The van der Waals surface area contributed by atoms with E-state index in [1.807, 2.05) is 24.3 Å². The lowest BCUT2D eigenvalue weighted by molar-refractivity contribution is -0.131. The number of benzene rings is 1. The molecule has 0 bridgehead atoms. The Balaban J connectivity index is 0.00000220. The van der Waals surface area contributed by atoms with Gasteiger partial charge in [0, 0.05) is 11.0 Å². The second-order valence-corrected chi connectivity index (χ2v) is 5.57. The molecule has 0 unspecified atom stereocenters. The number of carbonyl (C=O) groups is 1. The molecule has 118 valence electrons. The summed E-state index contributed by atoms with van der Waals surface area (Å²) in [6.07, 6.45) is 1.24. The molecule has 1 heterocycles. The van der Waals surface area contributed by atoms with Crippen LogP contribution in [0.25, 0.3) is 0 Å². The third-order valence-electron chi connectivity index (χ3n) is 3.15. The minimum atomic E-state index is -0.365. The molecule has 0 aliphatic carbocycles. The molecule has 2 atom stereocenters. The summed E-state index contributed by atoms with van der Waals surface area (Å²) in [6, 6.07) is 7.57. The van der Waals surface area contributed by atoms with Crippen molar-refractivity contribution in [3.8, 4) is 5.75 Å². The number of ether oxygens (including phenoxy) is 2. The zero-order valence-corrected chi connectivity index (χ0v) is 14.0. The van der Waals surface area contributed by atoms with Gasteiger partial charge in [-0.25, -0.2) is 0 Å². The molecule has 1 aromatic carbocycles. The van der Waals surface area contributed by atoms with Crippen molar-refractivity contribution in [2.45, 2.75) is 25.0 Å². The minimum absolute atomic E-state index is 0. The Morgan fingerprint density at radius 1 is 1.38 bits per heavy atom. The highest BCUT2D eigenvalue weighted by Gasteiger charge is 2.29. The first kappa shape index (κ1) is 18.2. The number of nitrogens with two attached hydrogens (primary N) is 1. The number of carbonyl (C=O) groups excluding carboxylic acids is 1. The van der Waals surface area contributed by atoms with Crippen LogP contribution in [0.4, 0.5) is 0 Å². The van der Waals surface area contributed by atoms with E-state index < -0.39 is 0 Å². The highest BCUT2D eigenvalue weighted by atomic mass is 79.9. The summed E-state index contributed by atoms with van der Waals surface area (Å²) < 4.78 is 12.0. The second-order valence-electron chi connectivity index (χ2n) is 4.65. The third-order valence-corrected chi connectivity index (χ3v) is 3.68. The maximum atomic E-state index is 11.8. The van der Waals surface area contributed by atoms with Crippen molar-refractivity contribution in [3.05, 3.63) is 28.7 Å². The van der Waals surface area contributed by atoms with Crippen LogP contribution in [-0.2, 0) is 9.53 Å². The highest BCUT2D eigenvalue weighted by Crippen LogP contribution is 2.19. The number of halogens is 2. The van der Waals surface area contributed by atoms with Gasteiger partial charge in [-0.2, -0.15) is 0 Å². The van der Waals surface area contributed by atoms with Gasteiger partial charge in [0.2, 0.25) is 5.91 Å². The van der Waals surface area contributed by atoms with Crippen LogP contribution in [0.15, 0.2) is 28.7 Å². The van der Waals surface area contributed by atoms with Gasteiger partial charge in [0.05, 0.1) is 12.6 Å². The number of hydrogen-bond acceptors (Lipinski definition) is 4. The standard InChI is InChI=1S/C14H19BrN2O3.ClH/c15-10-1-3-11(4-2-10)19-8-7-17-14(18)13-6-5-12(9-16)20-13;/h1-4,12-13H,5-9,16H2,(H,17,18);1H/t12-,13+;/m1./s1. The Morgan fingerprint density at radius 3 is 2.71 bits per heavy atom. The molecule has 0 radical (unpaired) electrons. The Morgan fingerprint density at radius 2 is 2.10 bits per heavy atom. The Kier molecular flexibility index (Phi) is 8.03. The van der Waals surface area contributed by atoms with Crippen LogP contribution in [0.2, 0.25) is 0 Å². The lowest BCUT2D eigenvalue weighted by atomic mass is 10.2. The van der Waals surface area contributed by atoms with Gasteiger partial charge in [-0.1, -0.05) is 15.9 Å². The van der Waals surface area contributed by atoms with Crippen molar-refractivity contribution in [1.29, 1.82) is 0 Å². The monoisotopic (exact) mass is 378 g/mol. The van der Waals surface area contributed by atoms with E-state index in [-0.39, 0.29) is 30.5 Å². The third kappa shape index (κ3) is 5.82. The lowest BCUT2D eigenvalue weighted by Gasteiger charge is -2.13. The van der Waals surface area contributed by atoms with Gasteiger partial charge in [-0.05, 0) is 37.1 Å². The summed E-state index contributed by atoms with van der Waals surface area (Å²) in [5, 5.41) is 2.81. The molecular weight excluding hydrogens is 360 g/mol. The van der Waals surface area contributed by atoms with Crippen LogP contribution in [-0.4, -0.2) is 37.8 Å². The zero-order valence-electron chi connectivity index (χ0n) is 11.6. The fourth-order valence-electron chi connectivity index (χ4n) is 2.06. The van der Waals surface area contributed by atoms with Crippen LogP contribution in [0, 0.1) is 0 Å². The second kappa shape index (κ2) is 9.25. The first-order valence-corrected chi connectivity index (χ1v) is 7.50. The summed E-state index contributed by atoms with van der Waals surface area (Å²) in [4.78, 5) is 11.8. The van der Waals surface area contributed by atoms with Crippen LogP contribution in [0.5, 0.6) is 5.75 Å². The normalized spacial score (nSPS) is 20.7. The molecule has 1 saturated heterocycles. The van der Waals surface area contributed by atoms with Gasteiger partial charge >= 0.3 is 0 Å². The van der Waals surface area contributed by atoms with Gasteiger partial charge < -0.3 is 20.5 Å². The number of rotatable bonds is 6. The van der Waals surface area contributed by atoms with Gasteiger partial charge in [-0.3, -0.25) is 4.79 Å². The van der Waals surface area contributed by atoms with Crippen molar-refractivity contribution in [1.82, 2.24) is 5.32 Å². The van der Waals surface area contributed by atoms with Crippen molar-refractivity contribution < 1.29 is 14.3 Å². The van der Waals surface area contributed by atoms with Crippen LogP contribution < -0.4 is 15.8 Å². The van der Waals surface area contributed by atoms with E-state index in [0.29, 0.717) is 19.7 Å². The molecule has 3 N–H and O–H groups in total. The van der Waals surface area contributed by atoms with Gasteiger partial charge in [-0.15, -0.1) is 12.4 Å². The molecular formula is C14H20BrClN2O3. The molecule has 2 rings (SSSR count). The van der Waals surface area contributed by atoms with E-state index in [1.165, 1.54) is 0 Å². The molecule has 0 saturated carbocycles. The molecule has 1 aliphatic rings. The Labute approximate surface area is 139 Å². The first-order valence-electron chi connectivity index (χ1n) is 6.70. The lowest BCUT2D eigenvalue weighted by Crippen LogP contribution is -2.37. The van der Waals surface area contributed by atoms with Crippen molar-refractivity contribution in [2.24, 2.45) is 5.73 Å². The summed E-state index contributed by atoms with van der Waals surface area (Å²) >= 11 is 3.36. The van der Waals surface area contributed by atoms with E-state index in [1.54, 1.807) is 0 Å². The highest BCUT2D eigenvalue weighted by molar-refractivity contribution is 9.10. The molecule has 1 aliphatic heterocycles. The van der Waals surface area contributed by atoms with Gasteiger partial charge in [0.15, 0.2) is 0 Å². The summed E-state index contributed by atoms with van der Waals surface area (Å²) in [7, 11) is 0. The molecule has 0 aromatic heterocycles. The molecule has 7 heteroatoms. The fourth-order valence-corrected chi connectivity index (χ4v) is 2.32. The van der Waals surface area contributed by atoms with Crippen LogP contribution in [0.1, 0.15) is 12.8 Å². The van der Waals surface area contributed by atoms with E-state index in [2.05, 4.69) is 21.2 Å². The topological polar surface area (TPSA) is 73.6 Å². The average molecular weight is 380 g/mol. The van der Waals surface area contributed by atoms with Crippen molar-refractivity contribution >= 4 is 34.2 Å². The maximum Gasteiger partial charge on any atom is 0.249 e. The zero-order chi connectivity index (χ0) is 14.4. The molecule has 1 fully saturated rings. The predicted molar refractivity (Wildman–Crippen MR) is 86.8 cm³/mol. The van der Waals surface area contributed by atoms with Crippen LogP contribution >= 0.6 is 28.3 Å². The summed E-state index contributed by atoms with van der Waals surface area (Å²) in [5.41, 5.74) is 5.51. The van der Waals surface area contributed by atoms with E-state index in [0.717, 1.165) is 23.1 Å². The molecule has 21 heavy (non-hydrogen) atoms. The van der Waals surface area contributed by atoms with Crippen LogP contribution in [0.3, 0.4) is 0 Å². The molecule has 5 nitrogen and oxygen atoms in total. The SMILES string of the molecule is Cl.NC[C@H]1CC[C@@H](C(=O)NCCOc2ccc(Br)cc2)O1. The number of hydrogen-bond donors (Lipinski definition) is 2. The number of nitrogens with one attached hydrogen (secondary N) is 1. The van der Waals surface area contributed by atoms with Gasteiger partial charge in [0.1, 0.15) is 18.5 Å². The quantitative estimate of drug-likeness (QED) is 0.740. The molecule has 1 amide bonds. The fraction of sp³-hybridized carbons (Fsp3) is 0.500. The molecule has 1 aromatic rings. The predicted octanol–water partition coefficient (Wildman–Crippen LogP) is 1.87. The smallest absolute Gasteiger partial charge is 0.249 e. The van der Waals surface area contributed by atoms with E-state index in [4.69, 9.17) is 15.2 Å². The van der Waals surface area contributed by atoms with E-state index >= 15 is 0 Å². The summed E-state index contributed by atoms with van der Waals surface area (Å²) in [6.45, 7) is 1.36. The van der Waals surface area contributed by atoms with Crippen molar-refractivity contribution in [3.63, 3.8) is 0 Å². The Hall–Kier alpha value is -0.820. The number of amides is 1. The minimum Gasteiger partial charge on any atom is -0.492 e. The first-order chi connectivity index (χ1) is 9.69. The van der Waals surface area contributed by atoms with E-state index in [9.17, 15) is 4.79 Å². The average Bonchev–Trinajstić information content (AvgIpc) is 2.94. The Bertz CT molecular complexity index is 444. The summed E-state index contributed by atoms with van der Waals surface area (Å²) in [5.74, 6) is 0.697. The molecule has 0 spiro atoms. The van der Waals surface area contributed by atoms with Gasteiger partial charge in [0.25, 0.3) is 0 Å². The maximum absolute atomic E-state index is 11.8. The largest absolute Gasteiger partial charge is 0.492 e.